The Morgan fingerprint density at radius 1 is 1.23 bits per heavy atom. The fraction of sp³-hybridized carbons (Fsp3) is 0.625. The van der Waals surface area contributed by atoms with E-state index in [0.29, 0.717) is 18.4 Å². The van der Waals surface area contributed by atoms with Gasteiger partial charge in [0.15, 0.2) is 11.5 Å². The van der Waals surface area contributed by atoms with E-state index in [0.717, 1.165) is 31.5 Å². The molecule has 0 aliphatic carbocycles. The van der Waals surface area contributed by atoms with Crippen molar-refractivity contribution < 1.29 is 22.6 Å². The van der Waals surface area contributed by atoms with Gasteiger partial charge in [-0.2, -0.15) is 13.2 Å². The molecule has 22 heavy (non-hydrogen) atoms. The van der Waals surface area contributed by atoms with Crippen LogP contribution < -0.4 is 9.47 Å². The van der Waals surface area contributed by atoms with Crippen molar-refractivity contribution in [2.75, 3.05) is 27.3 Å². The monoisotopic (exact) mass is 317 g/mol. The smallest absolute Gasteiger partial charge is 0.416 e. The normalized spacial score (nSPS) is 20.0. The van der Waals surface area contributed by atoms with Gasteiger partial charge >= 0.3 is 6.18 Å². The van der Waals surface area contributed by atoms with Gasteiger partial charge in [-0.05, 0) is 51.1 Å². The summed E-state index contributed by atoms with van der Waals surface area (Å²) in [5.74, 6) is 0.473. The number of methoxy groups -OCH3 is 1. The lowest BCUT2D eigenvalue weighted by atomic mass is 10.0. The van der Waals surface area contributed by atoms with Gasteiger partial charge in [0.25, 0.3) is 0 Å². The number of halogens is 3. The Morgan fingerprint density at radius 2 is 2.00 bits per heavy atom. The minimum Gasteiger partial charge on any atom is -0.493 e. The second kappa shape index (κ2) is 7.22. The summed E-state index contributed by atoms with van der Waals surface area (Å²) in [5, 5.41) is 0. The van der Waals surface area contributed by atoms with Crippen LogP contribution in [0.4, 0.5) is 13.2 Å². The Kier molecular flexibility index (Phi) is 5.56. The van der Waals surface area contributed by atoms with Gasteiger partial charge in [0.2, 0.25) is 0 Å². The molecule has 0 radical (unpaired) electrons. The average Bonchev–Trinajstić information content (AvgIpc) is 2.48. The molecule has 1 atom stereocenters. The quantitative estimate of drug-likeness (QED) is 0.820. The number of ether oxygens (including phenoxy) is 2. The Bertz CT molecular complexity index is 491. The van der Waals surface area contributed by atoms with Crippen LogP contribution in [-0.2, 0) is 6.18 Å². The van der Waals surface area contributed by atoms with Crippen molar-refractivity contribution >= 4 is 0 Å². The minimum absolute atomic E-state index is 0.149. The summed E-state index contributed by atoms with van der Waals surface area (Å²) in [4.78, 5) is 2.29. The first-order chi connectivity index (χ1) is 10.4. The van der Waals surface area contributed by atoms with Crippen LogP contribution in [0.5, 0.6) is 11.5 Å². The predicted octanol–water partition coefficient (Wildman–Crippen LogP) is 3.97. The lowest BCUT2D eigenvalue weighted by Gasteiger charge is -2.32. The molecule has 0 N–H and O–H groups in total. The number of hydrogen-bond acceptors (Lipinski definition) is 3. The van der Waals surface area contributed by atoms with Gasteiger partial charge in [0, 0.05) is 6.04 Å². The van der Waals surface area contributed by atoms with E-state index in [1.807, 2.05) is 0 Å². The van der Waals surface area contributed by atoms with Crippen molar-refractivity contribution in [2.45, 2.75) is 37.9 Å². The zero-order chi connectivity index (χ0) is 16.2. The summed E-state index contributed by atoms with van der Waals surface area (Å²) in [6, 6.07) is 3.74. The summed E-state index contributed by atoms with van der Waals surface area (Å²) in [7, 11) is 3.50. The van der Waals surface area contributed by atoms with Gasteiger partial charge in [-0.15, -0.1) is 0 Å². The summed E-state index contributed by atoms with van der Waals surface area (Å²) in [5.41, 5.74) is -0.724. The molecule has 3 nitrogen and oxygen atoms in total. The first-order valence-corrected chi connectivity index (χ1v) is 7.50. The van der Waals surface area contributed by atoms with Crippen molar-refractivity contribution in [1.82, 2.24) is 4.90 Å². The molecule has 0 aromatic heterocycles. The first-order valence-electron chi connectivity index (χ1n) is 7.50. The number of rotatable bonds is 5. The largest absolute Gasteiger partial charge is 0.493 e. The number of benzene rings is 1. The molecule has 1 heterocycles. The number of piperidine rings is 1. The molecule has 2 rings (SSSR count). The lowest BCUT2D eigenvalue weighted by Crippen LogP contribution is -2.37. The van der Waals surface area contributed by atoms with Gasteiger partial charge in [0.05, 0.1) is 19.3 Å². The van der Waals surface area contributed by atoms with E-state index >= 15 is 0 Å². The molecule has 1 unspecified atom stereocenters. The van der Waals surface area contributed by atoms with E-state index in [2.05, 4.69) is 11.9 Å². The van der Waals surface area contributed by atoms with Gasteiger partial charge < -0.3 is 14.4 Å². The van der Waals surface area contributed by atoms with Gasteiger partial charge in [0.1, 0.15) is 0 Å². The van der Waals surface area contributed by atoms with Crippen LogP contribution in [0, 0.1) is 0 Å². The lowest BCUT2D eigenvalue weighted by molar-refractivity contribution is -0.137. The zero-order valence-electron chi connectivity index (χ0n) is 12.9. The van der Waals surface area contributed by atoms with E-state index < -0.39 is 11.7 Å². The number of likely N-dealkylation sites (tertiary alicyclic amines) is 1. The average molecular weight is 317 g/mol. The Hall–Kier alpha value is -1.43. The molecule has 1 aliphatic heterocycles. The summed E-state index contributed by atoms with van der Waals surface area (Å²) < 4.78 is 48.9. The standard InChI is InChI=1S/C16H22F3NO2/c1-20-9-4-3-5-13(20)8-10-22-15-11-12(16(17,18)19)6-7-14(15)21-2/h6-7,11,13H,3-5,8-10H2,1-2H3. The Morgan fingerprint density at radius 3 is 2.64 bits per heavy atom. The summed E-state index contributed by atoms with van der Waals surface area (Å²) >= 11 is 0. The maximum absolute atomic E-state index is 12.8. The van der Waals surface area contributed by atoms with Crippen molar-refractivity contribution in [3.63, 3.8) is 0 Å². The van der Waals surface area contributed by atoms with Crippen LogP contribution in [0.25, 0.3) is 0 Å². The highest BCUT2D eigenvalue weighted by atomic mass is 19.4. The number of alkyl halides is 3. The Labute approximate surface area is 129 Å². The van der Waals surface area contributed by atoms with Crippen LogP contribution in [0.1, 0.15) is 31.2 Å². The fourth-order valence-electron chi connectivity index (χ4n) is 2.78. The van der Waals surface area contributed by atoms with Crippen molar-refractivity contribution in [2.24, 2.45) is 0 Å². The van der Waals surface area contributed by atoms with E-state index in [4.69, 9.17) is 9.47 Å². The second-order valence-corrected chi connectivity index (χ2v) is 5.63. The van der Waals surface area contributed by atoms with E-state index in [1.54, 1.807) is 0 Å². The summed E-state index contributed by atoms with van der Waals surface area (Å²) in [6.07, 6.45) is -0.0688. The second-order valence-electron chi connectivity index (χ2n) is 5.63. The van der Waals surface area contributed by atoms with Crippen LogP contribution in [0.3, 0.4) is 0 Å². The van der Waals surface area contributed by atoms with Gasteiger partial charge in [-0.1, -0.05) is 6.42 Å². The highest BCUT2D eigenvalue weighted by Crippen LogP contribution is 2.36. The summed E-state index contributed by atoms with van der Waals surface area (Å²) in [6.45, 7) is 1.45. The highest BCUT2D eigenvalue weighted by molar-refractivity contribution is 5.43. The van der Waals surface area contributed by atoms with E-state index in [-0.39, 0.29) is 5.75 Å². The topological polar surface area (TPSA) is 21.7 Å². The number of nitrogens with zero attached hydrogens (tertiary/aromatic N) is 1. The third-order valence-electron chi connectivity index (χ3n) is 4.12. The van der Waals surface area contributed by atoms with Crippen LogP contribution in [0.2, 0.25) is 0 Å². The van der Waals surface area contributed by atoms with Crippen molar-refractivity contribution in [3.8, 4) is 11.5 Å². The molecule has 6 heteroatoms. The van der Waals surface area contributed by atoms with E-state index in [9.17, 15) is 13.2 Å². The third-order valence-corrected chi connectivity index (χ3v) is 4.12. The molecule has 124 valence electrons. The Balaban J connectivity index is 1.98. The predicted molar refractivity (Wildman–Crippen MR) is 78.4 cm³/mol. The van der Waals surface area contributed by atoms with Gasteiger partial charge in [-0.3, -0.25) is 0 Å². The van der Waals surface area contributed by atoms with E-state index in [1.165, 1.54) is 26.0 Å². The molecular weight excluding hydrogens is 295 g/mol. The molecule has 0 spiro atoms. The maximum atomic E-state index is 12.8. The molecule has 0 saturated carbocycles. The highest BCUT2D eigenvalue weighted by Gasteiger charge is 2.31. The first kappa shape index (κ1) is 16.9. The van der Waals surface area contributed by atoms with Crippen LogP contribution in [-0.4, -0.2) is 38.3 Å². The molecule has 1 saturated heterocycles. The molecule has 1 fully saturated rings. The molecule has 1 aliphatic rings. The molecule has 0 bridgehead atoms. The SMILES string of the molecule is COc1ccc(C(F)(F)F)cc1OCCC1CCCCN1C. The fourth-order valence-corrected chi connectivity index (χ4v) is 2.78. The van der Waals surface area contributed by atoms with Crippen molar-refractivity contribution in [3.05, 3.63) is 23.8 Å². The van der Waals surface area contributed by atoms with Gasteiger partial charge in [-0.25, -0.2) is 0 Å². The zero-order valence-corrected chi connectivity index (χ0v) is 12.9. The minimum atomic E-state index is -4.38. The maximum Gasteiger partial charge on any atom is 0.416 e. The molecule has 0 amide bonds. The molecule has 1 aromatic rings. The molecule has 1 aromatic carbocycles. The third kappa shape index (κ3) is 4.29. The van der Waals surface area contributed by atoms with Crippen LogP contribution in [0.15, 0.2) is 18.2 Å². The van der Waals surface area contributed by atoms with Crippen LogP contribution >= 0.6 is 0 Å². The van der Waals surface area contributed by atoms with Crippen molar-refractivity contribution in [1.29, 1.82) is 0 Å². The number of hydrogen-bond donors (Lipinski definition) is 0. The molecular formula is C16H22F3NO2.